The fourth-order valence-corrected chi connectivity index (χ4v) is 4.47. The van der Waals surface area contributed by atoms with Gasteiger partial charge in [0.25, 0.3) is 0 Å². The lowest BCUT2D eigenvalue weighted by atomic mass is 9.67. The summed E-state index contributed by atoms with van der Waals surface area (Å²) in [6.45, 7) is 14.4. The summed E-state index contributed by atoms with van der Waals surface area (Å²) in [6.07, 6.45) is 8.24. The van der Waals surface area contributed by atoms with Gasteiger partial charge in [-0.1, -0.05) is 34.1 Å². The molecule has 2 aliphatic rings. The minimum atomic E-state index is 0.403. The van der Waals surface area contributed by atoms with Crippen LogP contribution in [0.25, 0.3) is 0 Å². The van der Waals surface area contributed by atoms with Crippen molar-refractivity contribution in [1.29, 1.82) is 0 Å². The molecule has 0 unspecified atom stereocenters. The third kappa shape index (κ3) is 4.21. The van der Waals surface area contributed by atoms with E-state index in [1.54, 1.807) is 0 Å². The van der Waals surface area contributed by atoms with Crippen molar-refractivity contribution in [2.45, 2.75) is 66.2 Å². The molecule has 0 bridgehead atoms. The van der Waals surface area contributed by atoms with E-state index in [4.69, 9.17) is 4.74 Å². The van der Waals surface area contributed by atoms with Crippen molar-refractivity contribution >= 4 is 0 Å². The van der Waals surface area contributed by atoms with Crippen LogP contribution in [0.4, 0.5) is 0 Å². The van der Waals surface area contributed by atoms with Crippen LogP contribution in [0.5, 0.6) is 0 Å². The van der Waals surface area contributed by atoms with Gasteiger partial charge < -0.3 is 9.64 Å². The molecule has 1 saturated heterocycles. The molecule has 2 nitrogen and oxygen atoms in total. The highest BCUT2D eigenvalue weighted by Gasteiger charge is 2.40. The largest absolute Gasteiger partial charge is 0.384 e. The van der Waals surface area contributed by atoms with E-state index < -0.39 is 0 Å². The number of ether oxygens (including phenoxy) is 1. The summed E-state index contributed by atoms with van der Waals surface area (Å²) in [5.74, 6) is 0. The van der Waals surface area contributed by atoms with Crippen molar-refractivity contribution in [2.24, 2.45) is 16.2 Å². The highest BCUT2D eigenvalue weighted by atomic mass is 16.5. The molecule has 0 aromatic rings. The Hall–Kier alpha value is -0.0800. The van der Waals surface area contributed by atoms with E-state index in [9.17, 15) is 0 Å². The summed E-state index contributed by atoms with van der Waals surface area (Å²) in [5, 5.41) is 0. The number of likely N-dealkylation sites (tertiary alicyclic amines) is 1. The molecule has 0 spiro atoms. The molecule has 0 aromatic carbocycles. The van der Waals surface area contributed by atoms with E-state index in [1.807, 2.05) is 7.11 Å². The van der Waals surface area contributed by atoms with Gasteiger partial charge in [0, 0.05) is 13.7 Å². The van der Waals surface area contributed by atoms with Gasteiger partial charge in [0.05, 0.1) is 6.61 Å². The molecular weight excluding hydrogens is 246 g/mol. The van der Waals surface area contributed by atoms with Crippen molar-refractivity contribution in [1.82, 2.24) is 4.90 Å². The minimum absolute atomic E-state index is 0.403. The second kappa shape index (κ2) is 5.96. The van der Waals surface area contributed by atoms with Crippen LogP contribution < -0.4 is 0 Å². The first-order valence-electron chi connectivity index (χ1n) is 8.47. The first-order valence-corrected chi connectivity index (χ1v) is 8.47. The van der Waals surface area contributed by atoms with E-state index in [0.29, 0.717) is 16.2 Å². The maximum absolute atomic E-state index is 5.58. The molecule has 1 saturated carbocycles. The molecule has 2 fully saturated rings. The summed E-state index contributed by atoms with van der Waals surface area (Å²) in [7, 11) is 1.87. The Balaban J connectivity index is 1.88. The monoisotopic (exact) mass is 281 g/mol. The predicted molar refractivity (Wildman–Crippen MR) is 86.0 cm³/mol. The molecule has 0 atom stereocenters. The third-order valence-corrected chi connectivity index (χ3v) is 5.44. The average Bonchev–Trinajstić information content (AvgIpc) is 2.28. The Morgan fingerprint density at radius 2 is 1.65 bits per heavy atom. The lowest BCUT2D eigenvalue weighted by Gasteiger charge is -2.48. The van der Waals surface area contributed by atoms with Crippen molar-refractivity contribution in [3.8, 4) is 0 Å². The van der Waals surface area contributed by atoms with Crippen LogP contribution in [0.15, 0.2) is 0 Å². The zero-order chi connectivity index (χ0) is 14.9. The topological polar surface area (TPSA) is 12.5 Å². The van der Waals surface area contributed by atoms with Gasteiger partial charge in [-0.2, -0.15) is 0 Å². The van der Waals surface area contributed by atoms with Crippen LogP contribution >= 0.6 is 0 Å². The lowest BCUT2D eigenvalue weighted by Crippen LogP contribution is -2.48. The summed E-state index contributed by atoms with van der Waals surface area (Å²) >= 11 is 0. The number of hydrogen-bond acceptors (Lipinski definition) is 2. The van der Waals surface area contributed by atoms with Crippen molar-refractivity contribution in [3.05, 3.63) is 0 Å². The maximum Gasteiger partial charge on any atom is 0.0519 e. The number of hydrogen-bond donors (Lipinski definition) is 0. The lowest BCUT2D eigenvalue weighted by molar-refractivity contribution is -0.0215. The minimum Gasteiger partial charge on any atom is -0.384 e. The van der Waals surface area contributed by atoms with E-state index in [0.717, 1.165) is 6.61 Å². The summed E-state index contributed by atoms with van der Waals surface area (Å²) in [5.41, 5.74) is 1.45. The normalized spacial score (nSPS) is 26.2. The molecular formula is C18H35NO. The van der Waals surface area contributed by atoms with E-state index in [1.165, 1.54) is 58.2 Å². The maximum atomic E-state index is 5.58. The van der Waals surface area contributed by atoms with E-state index >= 15 is 0 Å². The molecule has 1 aliphatic heterocycles. The Morgan fingerprint density at radius 1 is 1.05 bits per heavy atom. The Bertz CT molecular complexity index is 306. The van der Waals surface area contributed by atoms with Crippen LogP contribution in [0.2, 0.25) is 0 Å². The number of nitrogens with zero attached hydrogens (tertiary/aromatic N) is 1. The molecule has 2 rings (SSSR count). The van der Waals surface area contributed by atoms with E-state index in [-0.39, 0.29) is 0 Å². The number of methoxy groups -OCH3 is 1. The molecule has 2 heteroatoms. The van der Waals surface area contributed by atoms with Gasteiger partial charge in [0.15, 0.2) is 0 Å². The average molecular weight is 281 g/mol. The fraction of sp³-hybridized carbons (Fsp3) is 1.00. The first-order chi connectivity index (χ1) is 9.26. The van der Waals surface area contributed by atoms with E-state index in [2.05, 4.69) is 32.6 Å². The van der Waals surface area contributed by atoms with Crippen molar-refractivity contribution < 1.29 is 4.74 Å². The summed E-state index contributed by atoms with van der Waals surface area (Å²) < 4.78 is 5.58. The summed E-state index contributed by atoms with van der Waals surface area (Å²) in [4.78, 5) is 2.72. The quantitative estimate of drug-likeness (QED) is 0.743. The van der Waals surface area contributed by atoms with Gasteiger partial charge in [-0.15, -0.1) is 0 Å². The standard InChI is InChI=1S/C18H35NO/c1-16(2,3)13-18(15-20-5)9-11-19(12-10-18)14-17(4)7-6-8-17/h6-15H2,1-5H3. The highest BCUT2D eigenvalue weighted by Crippen LogP contribution is 2.45. The molecule has 0 N–H and O–H groups in total. The fourth-order valence-electron chi connectivity index (χ4n) is 4.47. The number of rotatable bonds is 5. The van der Waals surface area contributed by atoms with Gasteiger partial charge in [0.2, 0.25) is 0 Å². The van der Waals surface area contributed by atoms with Crippen LogP contribution in [0.1, 0.15) is 66.2 Å². The Labute approximate surface area is 126 Å². The van der Waals surface area contributed by atoms with Crippen molar-refractivity contribution in [3.63, 3.8) is 0 Å². The predicted octanol–water partition coefficient (Wildman–Crippen LogP) is 4.34. The van der Waals surface area contributed by atoms with Gasteiger partial charge >= 0.3 is 0 Å². The van der Waals surface area contributed by atoms with Gasteiger partial charge in [-0.3, -0.25) is 0 Å². The Morgan fingerprint density at radius 3 is 2.05 bits per heavy atom. The first kappa shape index (κ1) is 16.3. The van der Waals surface area contributed by atoms with Crippen LogP contribution in [0.3, 0.4) is 0 Å². The second-order valence-electron chi connectivity index (χ2n) is 9.11. The van der Waals surface area contributed by atoms with Gasteiger partial charge in [-0.25, -0.2) is 0 Å². The molecule has 1 aliphatic carbocycles. The zero-order valence-electron chi connectivity index (χ0n) is 14.4. The summed E-state index contributed by atoms with van der Waals surface area (Å²) in [6, 6.07) is 0. The molecule has 118 valence electrons. The smallest absolute Gasteiger partial charge is 0.0519 e. The van der Waals surface area contributed by atoms with Crippen LogP contribution in [-0.4, -0.2) is 38.3 Å². The molecule has 0 amide bonds. The molecule has 0 radical (unpaired) electrons. The van der Waals surface area contributed by atoms with Gasteiger partial charge in [-0.05, 0) is 61.4 Å². The molecule has 20 heavy (non-hydrogen) atoms. The highest BCUT2D eigenvalue weighted by molar-refractivity contribution is 4.92. The van der Waals surface area contributed by atoms with Gasteiger partial charge in [0.1, 0.15) is 0 Å². The van der Waals surface area contributed by atoms with Crippen LogP contribution in [-0.2, 0) is 4.74 Å². The number of piperidine rings is 1. The van der Waals surface area contributed by atoms with Crippen molar-refractivity contribution in [2.75, 3.05) is 33.4 Å². The van der Waals surface area contributed by atoms with Crippen LogP contribution in [0, 0.1) is 16.2 Å². The molecule has 0 aromatic heterocycles. The Kier molecular flexibility index (Phi) is 4.86. The third-order valence-electron chi connectivity index (χ3n) is 5.44. The zero-order valence-corrected chi connectivity index (χ0v) is 14.4. The molecule has 1 heterocycles. The second-order valence-corrected chi connectivity index (χ2v) is 9.11. The SMILES string of the molecule is COCC1(CC(C)(C)C)CCN(CC2(C)CCC2)CC1.